The van der Waals surface area contributed by atoms with E-state index >= 15 is 0 Å². The van der Waals surface area contributed by atoms with Crippen molar-refractivity contribution in [3.63, 3.8) is 0 Å². The Morgan fingerprint density at radius 3 is 2.58 bits per heavy atom. The molecule has 0 bridgehead atoms. The smallest absolute Gasteiger partial charge is 0.169 e. The van der Waals surface area contributed by atoms with Crippen molar-refractivity contribution in [2.45, 2.75) is 26.4 Å². The fourth-order valence-electron chi connectivity index (χ4n) is 1.66. The van der Waals surface area contributed by atoms with E-state index in [1.54, 1.807) is 6.07 Å². The average molecular weight is 269 g/mol. The predicted molar refractivity (Wildman–Crippen MR) is 66.0 cm³/mol. The Labute approximate surface area is 109 Å². The standard InChI is InChI=1S/C14H14F3NO/c1-8(2)18-7-10-3-4-13(19-10)11-5-9(15)6-12(16)14(11)17/h3-6,8,18H,7H2,1-2H3. The molecule has 0 radical (unpaired) electrons. The van der Waals surface area contributed by atoms with Gasteiger partial charge in [-0.2, -0.15) is 0 Å². The van der Waals surface area contributed by atoms with E-state index < -0.39 is 17.5 Å². The van der Waals surface area contributed by atoms with Gasteiger partial charge in [0, 0.05) is 12.1 Å². The van der Waals surface area contributed by atoms with E-state index in [0.717, 1.165) is 6.07 Å². The van der Waals surface area contributed by atoms with Gasteiger partial charge in [0.15, 0.2) is 11.6 Å². The highest BCUT2D eigenvalue weighted by atomic mass is 19.2. The highest BCUT2D eigenvalue weighted by Gasteiger charge is 2.15. The molecule has 0 saturated heterocycles. The van der Waals surface area contributed by atoms with E-state index in [0.29, 0.717) is 18.4 Å². The highest BCUT2D eigenvalue weighted by molar-refractivity contribution is 5.58. The van der Waals surface area contributed by atoms with Gasteiger partial charge in [-0.15, -0.1) is 0 Å². The van der Waals surface area contributed by atoms with Crippen LogP contribution in [0.25, 0.3) is 11.3 Å². The summed E-state index contributed by atoms with van der Waals surface area (Å²) in [5, 5.41) is 3.13. The molecule has 102 valence electrons. The van der Waals surface area contributed by atoms with Gasteiger partial charge < -0.3 is 9.73 Å². The first-order chi connectivity index (χ1) is 8.97. The molecule has 19 heavy (non-hydrogen) atoms. The van der Waals surface area contributed by atoms with Crippen LogP contribution in [0.2, 0.25) is 0 Å². The van der Waals surface area contributed by atoms with Crippen LogP contribution >= 0.6 is 0 Å². The minimum atomic E-state index is -1.23. The van der Waals surface area contributed by atoms with Gasteiger partial charge in [-0.05, 0) is 18.2 Å². The third kappa shape index (κ3) is 3.17. The second-order valence-corrected chi connectivity index (χ2v) is 4.55. The minimum Gasteiger partial charge on any atom is -0.460 e. The molecule has 0 unspecified atom stereocenters. The van der Waals surface area contributed by atoms with Crippen molar-refractivity contribution in [3.8, 4) is 11.3 Å². The first-order valence-electron chi connectivity index (χ1n) is 5.94. The van der Waals surface area contributed by atoms with Crippen molar-refractivity contribution < 1.29 is 17.6 Å². The minimum absolute atomic E-state index is 0.108. The average Bonchev–Trinajstić information content (AvgIpc) is 2.79. The molecule has 0 aliphatic heterocycles. The molecule has 1 aromatic carbocycles. The maximum atomic E-state index is 13.6. The first kappa shape index (κ1) is 13.7. The maximum absolute atomic E-state index is 13.6. The van der Waals surface area contributed by atoms with Crippen molar-refractivity contribution >= 4 is 0 Å². The van der Waals surface area contributed by atoms with E-state index in [-0.39, 0.29) is 17.4 Å². The van der Waals surface area contributed by atoms with Crippen LogP contribution in [0.5, 0.6) is 0 Å². The van der Waals surface area contributed by atoms with Crippen LogP contribution in [-0.2, 0) is 6.54 Å². The van der Waals surface area contributed by atoms with Gasteiger partial charge in [0.05, 0.1) is 12.1 Å². The van der Waals surface area contributed by atoms with E-state index in [1.807, 2.05) is 13.8 Å². The zero-order chi connectivity index (χ0) is 14.0. The molecule has 0 spiro atoms. The second kappa shape index (κ2) is 5.48. The predicted octanol–water partition coefficient (Wildman–Crippen LogP) is 3.86. The summed E-state index contributed by atoms with van der Waals surface area (Å²) in [5.74, 6) is -2.50. The SMILES string of the molecule is CC(C)NCc1ccc(-c2cc(F)cc(F)c2F)o1. The van der Waals surface area contributed by atoms with Crippen LogP contribution in [0.3, 0.4) is 0 Å². The highest BCUT2D eigenvalue weighted by Crippen LogP contribution is 2.27. The lowest BCUT2D eigenvalue weighted by Gasteiger charge is -2.05. The summed E-state index contributed by atoms with van der Waals surface area (Å²) >= 11 is 0. The van der Waals surface area contributed by atoms with Gasteiger partial charge in [-0.1, -0.05) is 13.8 Å². The third-order valence-corrected chi connectivity index (χ3v) is 2.60. The molecule has 0 saturated carbocycles. The number of rotatable bonds is 4. The monoisotopic (exact) mass is 269 g/mol. The Kier molecular flexibility index (Phi) is 3.95. The van der Waals surface area contributed by atoms with Gasteiger partial charge in [-0.25, -0.2) is 13.2 Å². The van der Waals surface area contributed by atoms with Crippen LogP contribution < -0.4 is 5.32 Å². The van der Waals surface area contributed by atoms with Crippen LogP contribution in [-0.4, -0.2) is 6.04 Å². The number of halogens is 3. The molecule has 0 atom stereocenters. The van der Waals surface area contributed by atoms with Crippen LogP contribution in [0.15, 0.2) is 28.7 Å². The van der Waals surface area contributed by atoms with Gasteiger partial charge >= 0.3 is 0 Å². The van der Waals surface area contributed by atoms with E-state index in [9.17, 15) is 13.2 Å². The summed E-state index contributed by atoms with van der Waals surface area (Å²) in [6, 6.07) is 4.83. The molecular formula is C14H14F3NO. The Bertz CT molecular complexity index is 578. The van der Waals surface area contributed by atoms with Crippen LogP contribution in [0.1, 0.15) is 19.6 Å². The molecule has 0 aliphatic carbocycles. The fraction of sp³-hybridized carbons (Fsp3) is 0.286. The summed E-state index contributed by atoms with van der Waals surface area (Å²) in [7, 11) is 0. The molecular weight excluding hydrogens is 255 g/mol. The van der Waals surface area contributed by atoms with Crippen LogP contribution in [0.4, 0.5) is 13.2 Å². The number of benzene rings is 1. The number of hydrogen-bond donors (Lipinski definition) is 1. The first-order valence-corrected chi connectivity index (χ1v) is 5.94. The van der Waals surface area contributed by atoms with Crippen molar-refractivity contribution in [2.24, 2.45) is 0 Å². The van der Waals surface area contributed by atoms with E-state index in [1.165, 1.54) is 6.07 Å². The summed E-state index contributed by atoms with van der Waals surface area (Å²) < 4.78 is 45.2. The molecule has 1 heterocycles. The van der Waals surface area contributed by atoms with Crippen molar-refractivity contribution in [3.05, 3.63) is 47.5 Å². The van der Waals surface area contributed by atoms with E-state index in [2.05, 4.69) is 5.32 Å². The summed E-state index contributed by atoms with van der Waals surface area (Å²) in [6.07, 6.45) is 0. The molecule has 5 heteroatoms. The van der Waals surface area contributed by atoms with Gasteiger partial charge in [0.25, 0.3) is 0 Å². The summed E-state index contributed by atoms with van der Waals surface area (Å²) in [5.41, 5.74) is -0.215. The summed E-state index contributed by atoms with van der Waals surface area (Å²) in [6.45, 7) is 4.42. The molecule has 1 aromatic heterocycles. The Morgan fingerprint density at radius 1 is 1.16 bits per heavy atom. The number of hydrogen-bond acceptors (Lipinski definition) is 2. The number of furan rings is 1. The zero-order valence-corrected chi connectivity index (χ0v) is 10.6. The Morgan fingerprint density at radius 2 is 1.89 bits per heavy atom. The van der Waals surface area contributed by atoms with Gasteiger partial charge in [0.1, 0.15) is 17.3 Å². The topological polar surface area (TPSA) is 25.2 Å². The van der Waals surface area contributed by atoms with Crippen molar-refractivity contribution in [1.82, 2.24) is 5.32 Å². The molecule has 0 fully saturated rings. The molecule has 2 aromatic rings. The van der Waals surface area contributed by atoms with E-state index in [4.69, 9.17) is 4.42 Å². The molecule has 0 amide bonds. The number of nitrogens with one attached hydrogen (secondary N) is 1. The van der Waals surface area contributed by atoms with Crippen LogP contribution in [0, 0.1) is 17.5 Å². The largest absolute Gasteiger partial charge is 0.460 e. The molecule has 2 rings (SSSR count). The lowest BCUT2D eigenvalue weighted by Crippen LogP contribution is -2.21. The quantitative estimate of drug-likeness (QED) is 0.852. The fourth-order valence-corrected chi connectivity index (χ4v) is 1.66. The van der Waals surface area contributed by atoms with Crippen molar-refractivity contribution in [1.29, 1.82) is 0 Å². The molecule has 0 aliphatic rings. The maximum Gasteiger partial charge on any atom is 0.169 e. The second-order valence-electron chi connectivity index (χ2n) is 4.55. The normalized spacial score (nSPS) is 11.3. The zero-order valence-electron chi connectivity index (χ0n) is 10.6. The van der Waals surface area contributed by atoms with Gasteiger partial charge in [0.2, 0.25) is 0 Å². The Hall–Kier alpha value is -1.75. The molecule has 2 nitrogen and oxygen atoms in total. The lowest BCUT2D eigenvalue weighted by molar-refractivity contribution is 0.463. The van der Waals surface area contributed by atoms with Gasteiger partial charge in [-0.3, -0.25) is 0 Å². The van der Waals surface area contributed by atoms with Crippen molar-refractivity contribution in [2.75, 3.05) is 0 Å². The third-order valence-electron chi connectivity index (χ3n) is 2.60. The summed E-state index contributed by atoms with van der Waals surface area (Å²) in [4.78, 5) is 0. The molecule has 1 N–H and O–H groups in total. The Balaban J connectivity index is 2.28. The lowest BCUT2D eigenvalue weighted by atomic mass is 10.1.